The number of hydrogen-bond donors (Lipinski definition) is 0. The highest BCUT2D eigenvalue weighted by molar-refractivity contribution is 5.94. The lowest BCUT2D eigenvalue weighted by atomic mass is 10.1. The molecule has 0 atom stereocenters. The zero-order chi connectivity index (χ0) is 19.2. The van der Waals surface area contributed by atoms with Crippen LogP contribution in [0.15, 0.2) is 54.6 Å². The second kappa shape index (κ2) is 8.43. The van der Waals surface area contributed by atoms with Gasteiger partial charge in [-0.25, -0.2) is 4.79 Å². The smallest absolute Gasteiger partial charge is 0.345 e. The summed E-state index contributed by atoms with van der Waals surface area (Å²) in [6, 6.07) is 14.6. The quantitative estimate of drug-likeness (QED) is 0.407. The van der Waals surface area contributed by atoms with Crippen molar-refractivity contribution in [2.75, 3.05) is 0 Å². The summed E-state index contributed by atoms with van der Waals surface area (Å²) in [6.07, 6.45) is 5.52. The average molecular weight is 353 g/mol. The fourth-order valence-corrected chi connectivity index (χ4v) is 2.42. The topological polar surface area (TPSA) is 69.4 Å². The molecule has 0 bridgehead atoms. The van der Waals surface area contributed by atoms with Gasteiger partial charge >= 0.3 is 5.97 Å². The first kappa shape index (κ1) is 19.4. The molecule has 0 saturated heterocycles. The van der Waals surface area contributed by atoms with Crippen LogP contribution < -0.4 is 0 Å². The summed E-state index contributed by atoms with van der Waals surface area (Å²) in [4.78, 5) is 22.9. The van der Waals surface area contributed by atoms with Crippen molar-refractivity contribution in [1.29, 1.82) is 0 Å². The fourth-order valence-electron chi connectivity index (χ4n) is 2.42. The van der Waals surface area contributed by atoms with Gasteiger partial charge in [0.2, 0.25) is 0 Å². The molecule has 0 radical (unpaired) electrons. The van der Waals surface area contributed by atoms with E-state index in [9.17, 15) is 14.9 Å². The largest absolute Gasteiger partial charge is 0.456 e. The summed E-state index contributed by atoms with van der Waals surface area (Å²) in [5.74, 6) is -0.691. The van der Waals surface area contributed by atoms with Gasteiger partial charge in [0.1, 0.15) is 11.2 Å². The van der Waals surface area contributed by atoms with Gasteiger partial charge in [0.25, 0.3) is 5.69 Å². The maximum Gasteiger partial charge on any atom is 0.345 e. The lowest BCUT2D eigenvalue weighted by Gasteiger charge is -2.19. The fraction of sp³-hybridized carbons (Fsp3) is 0.286. The van der Waals surface area contributed by atoms with Gasteiger partial charge in [-0.15, -0.1) is 0 Å². The van der Waals surface area contributed by atoms with Gasteiger partial charge in [-0.05, 0) is 50.8 Å². The number of ether oxygens (including phenoxy) is 1. The van der Waals surface area contributed by atoms with Crippen LogP contribution in [-0.2, 0) is 11.2 Å². The zero-order valence-corrected chi connectivity index (χ0v) is 15.3. The van der Waals surface area contributed by atoms with E-state index in [0.717, 1.165) is 12.8 Å². The number of rotatable bonds is 6. The van der Waals surface area contributed by atoms with E-state index >= 15 is 0 Å². The monoisotopic (exact) mass is 353 g/mol. The molecule has 0 N–H and O–H groups in total. The van der Waals surface area contributed by atoms with E-state index in [1.165, 1.54) is 17.7 Å². The molecule has 0 aliphatic heterocycles. The lowest BCUT2D eigenvalue weighted by molar-refractivity contribution is -0.385. The summed E-state index contributed by atoms with van der Waals surface area (Å²) >= 11 is 0. The Hall–Kier alpha value is -2.95. The molecule has 5 heteroatoms. The minimum absolute atomic E-state index is 0.0358. The van der Waals surface area contributed by atoms with Crippen LogP contribution in [-0.4, -0.2) is 16.5 Å². The van der Waals surface area contributed by atoms with E-state index in [0.29, 0.717) is 5.56 Å². The Labute approximate surface area is 153 Å². The van der Waals surface area contributed by atoms with Crippen molar-refractivity contribution in [3.63, 3.8) is 0 Å². The molecule has 2 aromatic rings. The first-order valence-corrected chi connectivity index (χ1v) is 8.48. The molecule has 2 aromatic carbocycles. The van der Waals surface area contributed by atoms with E-state index in [4.69, 9.17) is 4.74 Å². The summed E-state index contributed by atoms with van der Waals surface area (Å²) in [5.41, 5.74) is 0.928. The number of allylic oxidation sites excluding steroid dienone is 1. The van der Waals surface area contributed by atoms with E-state index in [1.54, 1.807) is 26.8 Å². The Morgan fingerprint density at radius 3 is 2.46 bits per heavy atom. The molecular formula is C21H23NO4. The summed E-state index contributed by atoms with van der Waals surface area (Å²) < 4.78 is 5.24. The van der Waals surface area contributed by atoms with E-state index in [1.807, 2.05) is 30.4 Å². The van der Waals surface area contributed by atoms with Crippen molar-refractivity contribution in [1.82, 2.24) is 0 Å². The number of nitro benzene ring substituents is 1. The van der Waals surface area contributed by atoms with Crippen molar-refractivity contribution in [2.24, 2.45) is 0 Å². The van der Waals surface area contributed by atoms with Crippen molar-refractivity contribution in [3.05, 3.63) is 81.4 Å². The van der Waals surface area contributed by atoms with Crippen LogP contribution in [0.3, 0.4) is 0 Å². The molecule has 0 aromatic heterocycles. The van der Waals surface area contributed by atoms with Gasteiger partial charge in [0, 0.05) is 6.07 Å². The molecule has 136 valence electrons. The highest BCUT2D eigenvalue weighted by Gasteiger charge is 2.25. The van der Waals surface area contributed by atoms with Gasteiger partial charge in [0.05, 0.1) is 4.92 Å². The third-order valence-corrected chi connectivity index (χ3v) is 3.59. The number of carbonyl (C=O) groups is 1. The van der Waals surface area contributed by atoms with Crippen molar-refractivity contribution >= 4 is 17.7 Å². The van der Waals surface area contributed by atoms with Crippen LogP contribution in [0, 0.1) is 10.1 Å². The summed E-state index contributed by atoms with van der Waals surface area (Å²) in [6.45, 7) is 5.17. The molecule has 0 aliphatic carbocycles. The third kappa shape index (κ3) is 5.84. The van der Waals surface area contributed by atoms with Crippen molar-refractivity contribution in [2.45, 2.75) is 39.2 Å². The second-order valence-electron chi connectivity index (χ2n) is 6.96. The Morgan fingerprint density at radius 2 is 1.85 bits per heavy atom. The minimum Gasteiger partial charge on any atom is -0.456 e. The first-order chi connectivity index (χ1) is 12.3. The predicted molar refractivity (Wildman–Crippen MR) is 102 cm³/mol. The third-order valence-electron chi connectivity index (χ3n) is 3.59. The Bertz CT molecular complexity index is 805. The van der Waals surface area contributed by atoms with Gasteiger partial charge in [0.15, 0.2) is 0 Å². The molecule has 2 rings (SSSR count). The number of aryl methyl sites for hydroxylation is 1. The molecule has 0 spiro atoms. The Kier molecular flexibility index (Phi) is 6.28. The van der Waals surface area contributed by atoms with Crippen LogP contribution in [0.4, 0.5) is 5.69 Å². The SMILES string of the molecule is CC(C)(C)OC(=O)c1ccc(/C=C/CCc2ccccc2)cc1[N+](=O)[O-]. The van der Waals surface area contributed by atoms with E-state index in [2.05, 4.69) is 12.1 Å². The summed E-state index contributed by atoms with van der Waals surface area (Å²) in [5, 5.41) is 11.3. The Balaban J connectivity index is 2.11. The molecule has 0 unspecified atom stereocenters. The maximum absolute atomic E-state index is 12.2. The van der Waals surface area contributed by atoms with Crippen LogP contribution in [0.25, 0.3) is 6.08 Å². The maximum atomic E-state index is 12.2. The minimum atomic E-state index is -0.707. The number of benzene rings is 2. The lowest BCUT2D eigenvalue weighted by Crippen LogP contribution is -2.24. The molecule has 0 aliphatic rings. The molecule has 0 fully saturated rings. The van der Waals surface area contributed by atoms with Crippen LogP contribution >= 0.6 is 0 Å². The van der Waals surface area contributed by atoms with Gasteiger partial charge in [-0.3, -0.25) is 10.1 Å². The number of esters is 1. The average Bonchev–Trinajstić information content (AvgIpc) is 2.58. The van der Waals surface area contributed by atoms with Gasteiger partial charge in [-0.1, -0.05) is 48.6 Å². The molecular weight excluding hydrogens is 330 g/mol. The van der Waals surface area contributed by atoms with Crippen LogP contribution in [0.2, 0.25) is 0 Å². The number of carbonyl (C=O) groups excluding carboxylic acids is 1. The zero-order valence-electron chi connectivity index (χ0n) is 15.3. The molecule has 5 nitrogen and oxygen atoms in total. The highest BCUT2D eigenvalue weighted by Crippen LogP contribution is 2.24. The van der Waals surface area contributed by atoms with E-state index < -0.39 is 16.5 Å². The molecule has 0 amide bonds. The number of nitro groups is 1. The van der Waals surface area contributed by atoms with Crippen molar-refractivity contribution in [3.8, 4) is 0 Å². The van der Waals surface area contributed by atoms with Gasteiger partial charge in [-0.2, -0.15) is 0 Å². The summed E-state index contributed by atoms with van der Waals surface area (Å²) in [7, 11) is 0. The van der Waals surface area contributed by atoms with E-state index in [-0.39, 0.29) is 11.3 Å². The van der Waals surface area contributed by atoms with Crippen LogP contribution in [0.1, 0.15) is 48.7 Å². The number of hydrogen-bond acceptors (Lipinski definition) is 4. The number of nitrogens with zero attached hydrogens (tertiary/aromatic N) is 1. The molecule has 0 saturated carbocycles. The molecule has 26 heavy (non-hydrogen) atoms. The molecule has 0 heterocycles. The standard InChI is InChI=1S/C21H23NO4/c1-21(2,3)26-20(23)18-14-13-17(15-19(18)22(24)25)12-8-7-11-16-9-5-4-6-10-16/h4-6,8-10,12-15H,7,11H2,1-3H3/b12-8+. The Morgan fingerprint density at radius 1 is 1.15 bits per heavy atom. The second-order valence-corrected chi connectivity index (χ2v) is 6.96. The van der Waals surface area contributed by atoms with Crippen LogP contribution in [0.5, 0.6) is 0 Å². The normalized spacial score (nSPS) is 11.5. The first-order valence-electron chi connectivity index (χ1n) is 8.48. The van der Waals surface area contributed by atoms with Crippen molar-refractivity contribution < 1.29 is 14.5 Å². The highest BCUT2D eigenvalue weighted by atomic mass is 16.6. The van der Waals surface area contributed by atoms with Gasteiger partial charge < -0.3 is 4.74 Å². The predicted octanol–water partition coefficient (Wildman–Crippen LogP) is 5.20.